The van der Waals surface area contributed by atoms with Crippen molar-refractivity contribution in [2.24, 2.45) is 5.41 Å². The quantitative estimate of drug-likeness (QED) is 0.509. The number of hydrogen-bond donors (Lipinski definition) is 0. The molecule has 0 spiro atoms. The third kappa shape index (κ3) is 3.81. The number of Topliss-reactive ketones (excluding diaryl/α,β-unsaturated/α-hetero) is 1. The van der Waals surface area contributed by atoms with Gasteiger partial charge >= 0.3 is 17.1 Å². The van der Waals surface area contributed by atoms with Crippen LogP contribution in [0.3, 0.4) is 0 Å². The predicted molar refractivity (Wildman–Crippen MR) is 54.2 cm³/mol. The summed E-state index contributed by atoms with van der Waals surface area (Å²) < 4.78 is 0. The molecule has 1 nitrogen and oxygen atoms in total. The van der Waals surface area contributed by atoms with Gasteiger partial charge in [-0.05, 0) is 11.8 Å². The Kier molecular flexibility index (Phi) is 4.83. The second kappa shape index (κ2) is 4.95. The van der Waals surface area contributed by atoms with E-state index in [4.69, 9.17) is 0 Å². The molecular weight excluding hydrogens is 224 g/mol. The van der Waals surface area contributed by atoms with Crippen molar-refractivity contribution in [3.8, 4) is 0 Å². The van der Waals surface area contributed by atoms with Crippen LogP contribution in [0, 0.1) is 11.5 Å². The topological polar surface area (TPSA) is 17.1 Å². The monoisotopic (exact) mass is 240 g/mol. The number of carbonyl (C=O) groups excluding carboxylic acids is 1. The number of hydrogen-bond acceptors (Lipinski definition) is 1. The molecule has 0 aromatic heterocycles. The summed E-state index contributed by atoms with van der Waals surface area (Å²) in [6.07, 6.45) is 6.83. The number of carbonyl (C=O) groups is 1. The Morgan fingerprint density at radius 3 is 2.21 bits per heavy atom. The van der Waals surface area contributed by atoms with E-state index in [9.17, 15) is 4.79 Å². The van der Waals surface area contributed by atoms with Crippen LogP contribution < -0.4 is 0 Å². The molecule has 0 saturated carbocycles. The molecule has 0 radical (unpaired) electrons. The van der Waals surface area contributed by atoms with Crippen LogP contribution >= 0.6 is 0 Å². The van der Waals surface area contributed by atoms with E-state index in [-0.39, 0.29) is 28.3 Å². The zero-order chi connectivity index (χ0) is 10.1. The van der Waals surface area contributed by atoms with Crippen molar-refractivity contribution < 1.29 is 21.9 Å². The molecule has 82 valence electrons. The summed E-state index contributed by atoms with van der Waals surface area (Å²) >= 11 is 0. The van der Waals surface area contributed by atoms with Gasteiger partial charge in [-0.3, -0.25) is 6.08 Å². The van der Waals surface area contributed by atoms with Crippen molar-refractivity contribution in [2.75, 3.05) is 0 Å². The SMILES string of the molecule is CC1=C([C-]=CC(C)(C)C)CCC1=O.[Cu+]. The summed E-state index contributed by atoms with van der Waals surface area (Å²) in [5.74, 6) is 0.282. The Bertz CT molecular complexity index is 279. The molecule has 0 aromatic rings. The number of allylic oxidation sites excluding steroid dienone is 4. The van der Waals surface area contributed by atoms with E-state index in [1.807, 2.05) is 13.0 Å². The van der Waals surface area contributed by atoms with E-state index in [0.717, 1.165) is 17.6 Å². The molecule has 0 fully saturated rings. The van der Waals surface area contributed by atoms with Gasteiger partial charge in [-0.25, -0.2) is 5.57 Å². The van der Waals surface area contributed by atoms with Crippen LogP contribution in [0.2, 0.25) is 0 Å². The maximum Gasteiger partial charge on any atom is 1.00 e. The van der Waals surface area contributed by atoms with Gasteiger partial charge < -0.3 is 4.79 Å². The molecule has 0 aliphatic heterocycles. The smallest absolute Gasteiger partial charge is 0.316 e. The normalized spacial score (nSPS) is 17.9. The molecule has 0 aromatic carbocycles. The standard InChI is InChI=1S/C12H17O.Cu/c1-9-10(5-6-11(9)13)7-8-12(2,3)4;/h8H,5-6H2,1-4H3;/q-1;+1. The minimum Gasteiger partial charge on any atom is -0.316 e. The molecule has 1 aliphatic rings. The Morgan fingerprint density at radius 2 is 1.86 bits per heavy atom. The van der Waals surface area contributed by atoms with Gasteiger partial charge in [0.05, 0.1) is 5.78 Å². The fourth-order valence-corrected chi connectivity index (χ4v) is 1.27. The second-order valence-electron chi connectivity index (χ2n) is 4.68. The van der Waals surface area contributed by atoms with Crippen LogP contribution in [-0.2, 0) is 21.9 Å². The molecular formula is C12H17CuO. The molecule has 0 amide bonds. The predicted octanol–water partition coefficient (Wildman–Crippen LogP) is 3.07. The fourth-order valence-electron chi connectivity index (χ4n) is 1.27. The Labute approximate surface area is 97.1 Å². The minimum atomic E-state index is 0. The average Bonchev–Trinajstić information content (AvgIpc) is 2.29. The number of ketones is 1. The first-order chi connectivity index (χ1) is 5.90. The minimum absolute atomic E-state index is 0. The first kappa shape index (κ1) is 13.7. The molecule has 0 heterocycles. The summed E-state index contributed by atoms with van der Waals surface area (Å²) in [7, 11) is 0. The summed E-state index contributed by atoms with van der Waals surface area (Å²) in [5.41, 5.74) is 2.15. The summed E-state index contributed by atoms with van der Waals surface area (Å²) in [5, 5.41) is 0. The zero-order valence-electron chi connectivity index (χ0n) is 9.20. The molecule has 1 aliphatic carbocycles. The van der Waals surface area contributed by atoms with Crippen molar-refractivity contribution in [2.45, 2.75) is 40.5 Å². The Morgan fingerprint density at radius 1 is 1.29 bits per heavy atom. The van der Waals surface area contributed by atoms with Crippen LogP contribution in [0.25, 0.3) is 0 Å². The molecule has 0 atom stereocenters. The Balaban J connectivity index is 0.00000169. The molecule has 0 unspecified atom stereocenters. The molecule has 1 rings (SSSR count). The van der Waals surface area contributed by atoms with Gasteiger partial charge in [-0.1, -0.05) is 27.2 Å². The van der Waals surface area contributed by atoms with Crippen molar-refractivity contribution >= 4 is 5.78 Å². The summed E-state index contributed by atoms with van der Waals surface area (Å²) in [6, 6.07) is 0. The third-order valence-corrected chi connectivity index (χ3v) is 2.15. The first-order valence-electron chi connectivity index (χ1n) is 4.74. The Hall–Kier alpha value is -0.331. The molecule has 0 bridgehead atoms. The van der Waals surface area contributed by atoms with Crippen LogP contribution in [0.5, 0.6) is 0 Å². The van der Waals surface area contributed by atoms with Gasteiger partial charge in [-0.2, -0.15) is 11.6 Å². The summed E-state index contributed by atoms with van der Waals surface area (Å²) in [6.45, 7) is 8.29. The fraction of sp³-hybridized carbons (Fsp3) is 0.583. The van der Waals surface area contributed by atoms with Crippen molar-refractivity contribution in [1.82, 2.24) is 0 Å². The van der Waals surface area contributed by atoms with E-state index in [0.29, 0.717) is 6.42 Å². The average molecular weight is 241 g/mol. The molecule has 14 heavy (non-hydrogen) atoms. The largest absolute Gasteiger partial charge is 1.00 e. The molecule has 2 heteroatoms. The van der Waals surface area contributed by atoms with Crippen molar-refractivity contribution in [3.63, 3.8) is 0 Å². The van der Waals surface area contributed by atoms with Crippen molar-refractivity contribution in [1.29, 1.82) is 0 Å². The van der Waals surface area contributed by atoms with Crippen LogP contribution in [-0.4, -0.2) is 5.78 Å². The van der Waals surface area contributed by atoms with Gasteiger partial charge in [0.1, 0.15) is 0 Å². The van der Waals surface area contributed by atoms with Crippen LogP contribution in [0.4, 0.5) is 0 Å². The van der Waals surface area contributed by atoms with E-state index >= 15 is 0 Å². The third-order valence-electron chi connectivity index (χ3n) is 2.15. The van der Waals surface area contributed by atoms with Gasteiger partial charge in [-0.15, -0.1) is 6.92 Å². The maximum absolute atomic E-state index is 11.2. The van der Waals surface area contributed by atoms with E-state index in [1.54, 1.807) is 0 Å². The van der Waals surface area contributed by atoms with E-state index < -0.39 is 0 Å². The zero-order valence-corrected chi connectivity index (χ0v) is 10.1. The van der Waals surface area contributed by atoms with Gasteiger partial charge in [0.15, 0.2) is 0 Å². The van der Waals surface area contributed by atoms with Gasteiger partial charge in [0.2, 0.25) is 0 Å². The molecule has 0 N–H and O–H groups in total. The van der Waals surface area contributed by atoms with Crippen LogP contribution in [0.1, 0.15) is 40.5 Å². The summed E-state index contributed by atoms with van der Waals surface area (Å²) in [4.78, 5) is 11.2. The second-order valence-corrected chi connectivity index (χ2v) is 4.68. The first-order valence-corrected chi connectivity index (χ1v) is 4.74. The number of rotatable bonds is 1. The molecule has 0 saturated heterocycles. The van der Waals surface area contributed by atoms with Crippen molar-refractivity contribution in [3.05, 3.63) is 23.3 Å². The maximum atomic E-state index is 11.2. The van der Waals surface area contributed by atoms with Crippen LogP contribution in [0.15, 0.2) is 17.2 Å². The van der Waals surface area contributed by atoms with Gasteiger partial charge in [0, 0.05) is 0 Å². The van der Waals surface area contributed by atoms with Gasteiger partial charge in [0.25, 0.3) is 0 Å². The van der Waals surface area contributed by atoms with E-state index in [2.05, 4.69) is 26.8 Å². The van der Waals surface area contributed by atoms with E-state index in [1.165, 1.54) is 0 Å².